The molecule has 0 aromatic carbocycles. The van der Waals surface area contributed by atoms with Crippen molar-refractivity contribution in [3.05, 3.63) is 10.6 Å². The molecule has 1 aromatic heterocycles. The molecule has 0 bridgehead atoms. The highest BCUT2D eigenvalue weighted by Gasteiger charge is 2.18. The molecule has 13 heavy (non-hydrogen) atoms. The Kier molecular flexibility index (Phi) is 2.32. The van der Waals surface area contributed by atoms with Gasteiger partial charge >= 0.3 is 0 Å². The number of nitrogens with zero attached hydrogens (tertiary/aromatic N) is 2. The predicted molar refractivity (Wildman–Crippen MR) is 50.2 cm³/mol. The van der Waals surface area contributed by atoms with Crippen molar-refractivity contribution in [1.29, 1.82) is 0 Å². The van der Waals surface area contributed by atoms with E-state index in [2.05, 4.69) is 10.2 Å². The van der Waals surface area contributed by atoms with Gasteiger partial charge in [0.1, 0.15) is 0 Å². The van der Waals surface area contributed by atoms with E-state index in [4.69, 9.17) is 22.8 Å². The largest absolute Gasteiger partial charge is 0.378 e. The van der Waals surface area contributed by atoms with Gasteiger partial charge in [0.2, 0.25) is 4.77 Å². The summed E-state index contributed by atoms with van der Waals surface area (Å²) in [6.45, 7) is 0.848. The number of aromatic nitrogens is 3. The number of H-pyrrole nitrogens is 1. The third kappa shape index (κ3) is 1.73. The lowest BCUT2D eigenvalue weighted by Gasteiger charge is -2.07. The van der Waals surface area contributed by atoms with Crippen molar-refractivity contribution < 1.29 is 4.74 Å². The summed E-state index contributed by atoms with van der Waals surface area (Å²) < 4.78 is 7.32. The zero-order chi connectivity index (χ0) is 9.26. The van der Waals surface area contributed by atoms with Gasteiger partial charge in [-0.05, 0) is 25.1 Å². The number of nitrogen functional groups attached to an aromatic ring is 1. The molecule has 0 saturated carbocycles. The lowest BCUT2D eigenvalue weighted by molar-refractivity contribution is 0.109. The molecule has 3 N–H and O–H groups in total. The van der Waals surface area contributed by atoms with Gasteiger partial charge in [0, 0.05) is 13.0 Å². The standard InChI is InChI=1S/C7H12N4OS/c8-11-6(9-10-7(11)13)4-5-2-1-3-12-5/h5H,1-4,8H2,(H,10,13). The van der Waals surface area contributed by atoms with Crippen molar-refractivity contribution in [1.82, 2.24) is 14.9 Å². The van der Waals surface area contributed by atoms with Crippen molar-refractivity contribution >= 4 is 12.2 Å². The van der Waals surface area contributed by atoms with Crippen LogP contribution in [-0.4, -0.2) is 27.6 Å². The average molecular weight is 200 g/mol. The van der Waals surface area contributed by atoms with E-state index in [0.717, 1.165) is 31.7 Å². The summed E-state index contributed by atoms with van der Waals surface area (Å²) in [4.78, 5) is 0. The molecule has 1 aromatic rings. The van der Waals surface area contributed by atoms with E-state index in [-0.39, 0.29) is 6.10 Å². The molecular weight excluding hydrogens is 188 g/mol. The highest BCUT2D eigenvalue weighted by Crippen LogP contribution is 2.15. The third-order valence-corrected chi connectivity index (χ3v) is 2.50. The van der Waals surface area contributed by atoms with Crippen LogP contribution in [-0.2, 0) is 11.2 Å². The van der Waals surface area contributed by atoms with Gasteiger partial charge in [0.05, 0.1) is 6.10 Å². The molecule has 1 fully saturated rings. The second-order valence-electron chi connectivity index (χ2n) is 3.15. The molecule has 1 unspecified atom stereocenters. The van der Waals surface area contributed by atoms with Crippen LogP contribution in [0.2, 0.25) is 0 Å². The quantitative estimate of drug-likeness (QED) is 0.535. The fraction of sp³-hybridized carbons (Fsp3) is 0.714. The molecule has 1 aliphatic rings. The minimum absolute atomic E-state index is 0.257. The zero-order valence-corrected chi connectivity index (χ0v) is 8.01. The predicted octanol–water partition coefficient (Wildman–Crippen LogP) is 0.376. The Hall–Kier alpha value is -0.880. The SMILES string of the molecule is Nn1c(CC2CCCO2)n[nH]c1=S. The molecule has 0 aliphatic carbocycles. The van der Waals surface area contributed by atoms with Crippen molar-refractivity contribution in [2.75, 3.05) is 12.4 Å². The lowest BCUT2D eigenvalue weighted by atomic mass is 10.2. The Morgan fingerprint density at radius 1 is 1.77 bits per heavy atom. The number of nitrogens with one attached hydrogen (secondary N) is 1. The van der Waals surface area contributed by atoms with Gasteiger partial charge in [-0.25, -0.2) is 4.68 Å². The van der Waals surface area contributed by atoms with Crippen LogP contribution in [0.15, 0.2) is 0 Å². The van der Waals surface area contributed by atoms with Crippen LogP contribution in [0.5, 0.6) is 0 Å². The van der Waals surface area contributed by atoms with Crippen molar-refractivity contribution in [2.45, 2.75) is 25.4 Å². The van der Waals surface area contributed by atoms with Gasteiger partial charge in [-0.1, -0.05) is 0 Å². The second kappa shape index (κ2) is 3.47. The maximum atomic E-state index is 5.64. The zero-order valence-electron chi connectivity index (χ0n) is 7.19. The molecule has 1 saturated heterocycles. The van der Waals surface area contributed by atoms with Gasteiger partial charge in [0.25, 0.3) is 0 Å². The summed E-state index contributed by atoms with van der Waals surface area (Å²) in [7, 11) is 0. The van der Waals surface area contributed by atoms with Crippen LogP contribution >= 0.6 is 12.2 Å². The first-order valence-corrected chi connectivity index (χ1v) is 4.71. The molecule has 0 radical (unpaired) electrons. The molecule has 2 heterocycles. The maximum absolute atomic E-state index is 5.64. The molecule has 0 amide bonds. The van der Waals surface area contributed by atoms with Crippen molar-refractivity contribution in [3.8, 4) is 0 Å². The van der Waals surface area contributed by atoms with Crippen LogP contribution in [0.4, 0.5) is 0 Å². The topological polar surface area (TPSA) is 68.9 Å². The molecular formula is C7H12N4OS. The molecule has 1 aliphatic heterocycles. The van der Waals surface area contributed by atoms with Crippen LogP contribution in [0.25, 0.3) is 0 Å². The van der Waals surface area contributed by atoms with E-state index in [0.29, 0.717) is 4.77 Å². The lowest BCUT2D eigenvalue weighted by Crippen LogP contribution is -2.18. The normalized spacial score (nSPS) is 22.3. The summed E-state index contributed by atoms with van der Waals surface area (Å²) in [6, 6.07) is 0. The first-order chi connectivity index (χ1) is 6.27. The van der Waals surface area contributed by atoms with Gasteiger partial charge in [-0.15, -0.1) is 0 Å². The fourth-order valence-corrected chi connectivity index (χ4v) is 1.64. The van der Waals surface area contributed by atoms with Gasteiger partial charge in [-0.2, -0.15) is 5.10 Å². The molecule has 0 spiro atoms. The number of aromatic amines is 1. The highest BCUT2D eigenvalue weighted by atomic mass is 32.1. The van der Waals surface area contributed by atoms with E-state index in [1.54, 1.807) is 0 Å². The van der Waals surface area contributed by atoms with E-state index in [9.17, 15) is 0 Å². The number of ether oxygens (including phenoxy) is 1. The second-order valence-corrected chi connectivity index (χ2v) is 3.54. The minimum atomic E-state index is 0.257. The monoisotopic (exact) mass is 200 g/mol. The van der Waals surface area contributed by atoms with Crippen LogP contribution in [0, 0.1) is 4.77 Å². The minimum Gasteiger partial charge on any atom is -0.378 e. The number of nitrogens with two attached hydrogens (primary N) is 1. The number of rotatable bonds is 2. The fourth-order valence-electron chi connectivity index (χ4n) is 1.49. The molecule has 5 nitrogen and oxygen atoms in total. The van der Waals surface area contributed by atoms with E-state index in [1.165, 1.54) is 4.68 Å². The molecule has 6 heteroatoms. The van der Waals surface area contributed by atoms with Crippen LogP contribution in [0.1, 0.15) is 18.7 Å². The maximum Gasteiger partial charge on any atom is 0.214 e. The summed E-state index contributed by atoms with van der Waals surface area (Å²) in [5.41, 5.74) is 0. The van der Waals surface area contributed by atoms with Gasteiger partial charge in [0.15, 0.2) is 5.82 Å². The van der Waals surface area contributed by atoms with E-state index in [1.807, 2.05) is 0 Å². The van der Waals surface area contributed by atoms with Crippen molar-refractivity contribution in [3.63, 3.8) is 0 Å². The first-order valence-electron chi connectivity index (χ1n) is 4.30. The number of hydrogen-bond acceptors (Lipinski definition) is 4. The van der Waals surface area contributed by atoms with Crippen LogP contribution in [0.3, 0.4) is 0 Å². The molecule has 1 atom stereocenters. The Morgan fingerprint density at radius 2 is 2.62 bits per heavy atom. The average Bonchev–Trinajstić information content (AvgIpc) is 2.71. The summed E-state index contributed by atoms with van der Waals surface area (Å²) in [6.07, 6.45) is 3.21. The molecule has 2 rings (SSSR count). The summed E-state index contributed by atoms with van der Waals surface area (Å²) in [5.74, 6) is 6.40. The Bertz CT molecular complexity index is 339. The first kappa shape index (κ1) is 8.71. The van der Waals surface area contributed by atoms with E-state index < -0.39 is 0 Å². The van der Waals surface area contributed by atoms with E-state index >= 15 is 0 Å². The summed E-state index contributed by atoms with van der Waals surface area (Å²) in [5, 5.41) is 6.67. The number of hydrogen-bond donors (Lipinski definition) is 2. The Morgan fingerprint density at radius 3 is 3.15 bits per heavy atom. The Balaban J connectivity index is 2.08. The summed E-state index contributed by atoms with van der Waals surface area (Å²) >= 11 is 4.89. The Labute approximate surface area is 80.9 Å². The molecule has 72 valence electrons. The van der Waals surface area contributed by atoms with Crippen molar-refractivity contribution in [2.24, 2.45) is 0 Å². The van der Waals surface area contributed by atoms with Gasteiger partial charge < -0.3 is 10.6 Å². The smallest absolute Gasteiger partial charge is 0.214 e. The van der Waals surface area contributed by atoms with Crippen LogP contribution < -0.4 is 5.84 Å². The van der Waals surface area contributed by atoms with Gasteiger partial charge in [-0.3, -0.25) is 5.10 Å². The third-order valence-electron chi connectivity index (χ3n) is 2.21. The highest BCUT2D eigenvalue weighted by molar-refractivity contribution is 7.71.